The lowest BCUT2D eigenvalue weighted by atomic mass is 9.95. The van der Waals surface area contributed by atoms with Gasteiger partial charge in [0.25, 0.3) is 0 Å². The van der Waals surface area contributed by atoms with Crippen molar-refractivity contribution in [2.45, 2.75) is 31.7 Å². The Balaban J connectivity index is 2.19. The topological polar surface area (TPSA) is 55.4 Å². The lowest BCUT2D eigenvalue weighted by Crippen LogP contribution is -2.49. The summed E-state index contributed by atoms with van der Waals surface area (Å²) in [6.07, 6.45) is 4.13. The lowest BCUT2D eigenvalue weighted by Gasteiger charge is -2.34. The van der Waals surface area contributed by atoms with E-state index in [9.17, 15) is 8.42 Å². The van der Waals surface area contributed by atoms with Crippen LogP contribution in [0.4, 0.5) is 0 Å². The van der Waals surface area contributed by atoms with Gasteiger partial charge in [0.05, 0.1) is 12.4 Å². The zero-order valence-corrected chi connectivity index (χ0v) is 10.4. The van der Waals surface area contributed by atoms with Gasteiger partial charge < -0.3 is 10.1 Å². The van der Waals surface area contributed by atoms with E-state index in [4.69, 9.17) is 4.74 Å². The van der Waals surface area contributed by atoms with Crippen molar-refractivity contribution in [2.24, 2.45) is 0 Å². The average Bonchev–Trinajstić information content (AvgIpc) is 2.12. The third kappa shape index (κ3) is 5.49. The molecule has 0 radical (unpaired) electrons. The molecule has 4 nitrogen and oxygen atoms in total. The molecule has 0 aromatic rings. The molecular formula is C10H21NO3S. The molecule has 1 unspecified atom stereocenters. The molecule has 1 saturated heterocycles. The maximum absolute atomic E-state index is 10.9. The SMILES string of the molecule is CC1(NCCCS(C)(=O)=O)CCCOC1. The summed E-state index contributed by atoms with van der Waals surface area (Å²) in [5.74, 6) is 0.261. The third-order valence-electron chi connectivity index (χ3n) is 2.68. The zero-order valence-electron chi connectivity index (χ0n) is 9.58. The summed E-state index contributed by atoms with van der Waals surface area (Å²) in [7, 11) is -2.82. The smallest absolute Gasteiger partial charge is 0.147 e. The van der Waals surface area contributed by atoms with Crippen LogP contribution >= 0.6 is 0 Å². The van der Waals surface area contributed by atoms with Crippen LogP contribution in [0.1, 0.15) is 26.2 Å². The van der Waals surface area contributed by atoms with E-state index in [0.717, 1.165) is 32.6 Å². The molecule has 1 rings (SSSR count). The van der Waals surface area contributed by atoms with E-state index in [1.165, 1.54) is 6.26 Å². The quantitative estimate of drug-likeness (QED) is 0.708. The maximum Gasteiger partial charge on any atom is 0.147 e. The van der Waals surface area contributed by atoms with E-state index in [2.05, 4.69) is 12.2 Å². The van der Waals surface area contributed by atoms with E-state index in [0.29, 0.717) is 6.42 Å². The number of ether oxygens (including phenoxy) is 1. The van der Waals surface area contributed by atoms with Gasteiger partial charge in [-0.15, -0.1) is 0 Å². The third-order valence-corrected chi connectivity index (χ3v) is 3.71. The van der Waals surface area contributed by atoms with Gasteiger partial charge >= 0.3 is 0 Å². The summed E-state index contributed by atoms with van der Waals surface area (Å²) < 4.78 is 27.2. The molecule has 90 valence electrons. The zero-order chi connectivity index (χ0) is 11.4. The molecule has 1 aliphatic heterocycles. The Morgan fingerprint density at radius 2 is 2.20 bits per heavy atom. The molecule has 0 aliphatic carbocycles. The first kappa shape index (κ1) is 12.9. The van der Waals surface area contributed by atoms with Crippen LogP contribution < -0.4 is 5.32 Å². The molecule has 1 heterocycles. The largest absolute Gasteiger partial charge is 0.380 e. The van der Waals surface area contributed by atoms with Gasteiger partial charge in [0.15, 0.2) is 0 Å². The minimum atomic E-state index is -2.82. The first-order valence-corrected chi connectivity index (χ1v) is 7.48. The molecule has 0 bridgehead atoms. The van der Waals surface area contributed by atoms with Gasteiger partial charge in [-0.1, -0.05) is 0 Å². The second-order valence-corrected chi connectivity index (χ2v) is 6.89. The van der Waals surface area contributed by atoms with E-state index < -0.39 is 9.84 Å². The minimum absolute atomic E-state index is 0.0375. The Kier molecular flexibility index (Phi) is 4.55. The molecule has 1 atom stereocenters. The molecule has 0 spiro atoms. The number of hydrogen-bond donors (Lipinski definition) is 1. The summed E-state index contributed by atoms with van der Waals surface area (Å²) in [5, 5.41) is 3.38. The Morgan fingerprint density at radius 3 is 2.73 bits per heavy atom. The molecule has 0 aromatic carbocycles. The van der Waals surface area contributed by atoms with Crippen molar-refractivity contribution in [1.82, 2.24) is 5.32 Å². The summed E-state index contributed by atoms with van der Waals surface area (Å²) in [6.45, 7) is 4.45. The Hall–Kier alpha value is -0.130. The maximum atomic E-state index is 10.9. The van der Waals surface area contributed by atoms with Crippen molar-refractivity contribution in [3.05, 3.63) is 0 Å². The standard InChI is InChI=1S/C10H21NO3S/c1-10(5-3-7-14-9-10)11-6-4-8-15(2,12)13/h11H,3-9H2,1-2H3. The van der Waals surface area contributed by atoms with Gasteiger partial charge in [0.1, 0.15) is 9.84 Å². The van der Waals surface area contributed by atoms with Crippen molar-refractivity contribution < 1.29 is 13.2 Å². The van der Waals surface area contributed by atoms with Crippen LogP contribution in [0.2, 0.25) is 0 Å². The van der Waals surface area contributed by atoms with Crippen molar-refractivity contribution in [1.29, 1.82) is 0 Å². The highest BCUT2D eigenvalue weighted by molar-refractivity contribution is 7.90. The fraction of sp³-hybridized carbons (Fsp3) is 1.00. The number of rotatable bonds is 5. The molecule has 1 N–H and O–H groups in total. The summed E-state index contributed by atoms with van der Waals surface area (Å²) in [5.41, 5.74) is 0.0375. The number of sulfone groups is 1. The molecule has 0 saturated carbocycles. The van der Waals surface area contributed by atoms with Crippen LogP contribution in [0, 0.1) is 0 Å². The van der Waals surface area contributed by atoms with E-state index in [1.807, 2.05) is 0 Å². The fourth-order valence-electron chi connectivity index (χ4n) is 1.80. The number of hydrogen-bond acceptors (Lipinski definition) is 4. The molecule has 5 heteroatoms. The van der Waals surface area contributed by atoms with Crippen LogP contribution in [-0.4, -0.2) is 45.7 Å². The van der Waals surface area contributed by atoms with Gasteiger partial charge in [-0.25, -0.2) is 8.42 Å². The van der Waals surface area contributed by atoms with E-state index >= 15 is 0 Å². The van der Waals surface area contributed by atoms with E-state index in [1.54, 1.807) is 0 Å². The monoisotopic (exact) mass is 235 g/mol. The Labute approximate surface area is 92.3 Å². The molecule has 1 fully saturated rings. The predicted octanol–water partition coefficient (Wildman–Crippen LogP) is 0.580. The predicted molar refractivity (Wildman–Crippen MR) is 60.8 cm³/mol. The first-order valence-electron chi connectivity index (χ1n) is 5.42. The Bertz CT molecular complexity index is 281. The van der Waals surface area contributed by atoms with Crippen molar-refractivity contribution in [2.75, 3.05) is 31.8 Å². The highest BCUT2D eigenvalue weighted by atomic mass is 32.2. The van der Waals surface area contributed by atoms with Crippen molar-refractivity contribution in [3.8, 4) is 0 Å². The van der Waals surface area contributed by atoms with Crippen LogP contribution in [0.5, 0.6) is 0 Å². The van der Waals surface area contributed by atoms with Gasteiger partial charge in [-0.3, -0.25) is 0 Å². The van der Waals surface area contributed by atoms with Crippen LogP contribution in [0.25, 0.3) is 0 Å². The summed E-state index contributed by atoms with van der Waals surface area (Å²) in [6, 6.07) is 0. The van der Waals surface area contributed by atoms with Crippen LogP contribution in [0.15, 0.2) is 0 Å². The highest BCUT2D eigenvalue weighted by Gasteiger charge is 2.26. The van der Waals surface area contributed by atoms with Crippen molar-refractivity contribution in [3.63, 3.8) is 0 Å². The summed E-state index contributed by atoms with van der Waals surface area (Å²) in [4.78, 5) is 0. The van der Waals surface area contributed by atoms with Gasteiger partial charge in [-0.2, -0.15) is 0 Å². The van der Waals surface area contributed by atoms with Crippen LogP contribution in [-0.2, 0) is 14.6 Å². The van der Waals surface area contributed by atoms with E-state index in [-0.39, 0.29) is 11.3 Å². The van der Waals surface area contributed by atoms with Gasteiger partial charge in [0.2, 0.25) is 0 Å². The van der Waals surface area contributed by atoms with Crippen LogP contribution in [0.3, 0.4) is 0 Å². The fourth-order valence-corrected chi connectivity index (χ4v) is 2.47. The normalized spacial score (nSPS) is 27.9. The van der Waals surface area contributed by atoms with Gasteiger partial charge in [0, 0.05) is 18.4 Å². The average molecular weight is 235 g/mol. The molecule has 15 heavy (non-hydrogen) atoms. The second-order valence-electron chi connectivity index (χ2n) is 4.63. The Morgan fingerprint density at radius 1 is 1.47 bits per heavy atom. The molecule has 1 aliphatic rings. The van der Waals surface area contributed by atoms with Crippen molar-refractivity contribution >= 4 is 9.84 Å². The lowest BCUT2D eigenvalue weighted by molar-refractivity contribution is 0.0288. The first-order chi connectivity index (χ1) is 6.91. The minimum Gasteiger partial charge on any atom is -0.380 e. The molecule has 0 amide bonds. The summed E-state index contributed by atoms with van der Waals surface area (Å²) >= 11 is 0. The number of nitrogens with one attached hydrogen (secondary N) is 1. The highest BCUT2D eigenvalue weighted by Crippen LogP contribution is 2.17. The molecule has 0 aromatic heterocycles. The second kappa shape index (κ2) is 5.27. The van der Waals surface area contributed by atoms with Gasteiger partial charge in [-0.05, 0) is 32.7 Å². The molecular weight excluding hydrogens is 214 g/mol.